The third kappa shape index (κ3) is 10.3. The molecule has 0 atom stereocenters. The largest absolute Gasteiger partial charge is 0.490 e. The topological polar surface area (TPSA) is 133 Å². The first-order valence-electron chi connectivity index (χ1n) is 14.6. The van der Waals surface area contributed by atoms with Gasteiger partial charge in [-0.1, -0.05) is 45.0 Å². The second-order valence-corrected chi connectivity index (χ2v) is 14.2. The van der Waals surface area contributed by atoms with Crippen molar-refractivity contribution in [3.05, 3.63) is 54.1 Å². The third-order valence-corrected chi connectivity index (χ3v) is 8.82. The maximum absolute atomic E-state index is 12.8. The van der Waals surface area contributed by atoms with Crippen LogP contribution in [0.3, 0.4) is 0 Å². The molecule has 1 aliphatic carbocycles. The number of rotatable bonds is 9. The second kappa shape index (κ2) is 14.6. The van der Waals surface area contributed by atoms with Crippen LogP contribution in [0.4, 0.5) is 24.9 Å². The zero-order chi connectivity index (χ0) is 32.7. The van der Waals surface area contributed by atoms with Crippen LogP contribution in [-0.4, -0.2) is 54.8 Å². The second-order valence-electron chi connectivity index (χ2n) is 12.4. The molecule has 0 amide bonds. The first-order valence-corrected chi connectivity index (χ1v) is 16.1. The molecule has 4 rings (SSSR count). The SMILES string of the molecule is CC(C)Nc1nc(NCC2CCC(CNS(=O)(=O)c3ccc(C(C)(C)C)cc3)CC2)nc2ccccc12.O=C(O)C(F)(F)F. The smallest absolute Gasteiger partial charge is 0.475 e. The Kier molecular flexibility index (Phi) is 11.6. The van der Waals surface area contributed by atoms with Crippen LogP contribution in [0.15, 0.2) is 53.4 Å². The summed E-state index contributed by atoms with van der Waals surface area (Å²) in [6.07, 6.45) is -0.943. The summed E-state index contributed by atoms with van der Waals surface area (Å²) >= 11 is 0. The van der Waals surface area contributed by atoms with E-state index in [1.54, 1.807) is 12.1 Å². The van der Waals surface area contributed by atoms with Crippen molar-refractivity contribution < 1.29 is 31.5 Å². The first kappa shape index (κ1) is 35.0. The number of aromatic nitrogens is 2. The number of carbonyl (C=O) groups is 1. The van der Waals surface area contributed by atoms with Crippen LogP contribution in [0.25, 0.3) is 10.9 Å². The lowest BCUT2D eigenvalue weighted by Crippen LogP contribution is -2.32. The number of fused-ring (bicyclic) bond motifs is 1. The van der Waals surface area contributed by atoms with Crippen molar-refractivity contribution in [1.82, 2.24) is 14.7 Å². The number of para-hydroxylation sites is 1. The number of nitrogens with one attached hydrogen (secondary N) is 3. The summed E-state index contributed by atoms with van der Waals surface area (Å²) in [6, 6.07) is 15.6. The molecule has 0 radical (unpaired) electrons. The number of carboxylic acid groups (broad SMARTS) is 1. The molecule has 0 unspecified atom stereocenters. The predicted octanol–water partition coefficient (Wildman–Crippen LogP) is 6.58. The first-order chi connectivity index (χ1) is 20.5. The van der Waals surface area contributed by atoms with Crippen molar-refractivity contribution in [2.75, 3.05) is 23.7 Å². The van der Waals surface area contributed by atoms with Gasteiger partial charge in [-0.15, -0.1) is 0 Å². The zero-order valence-corrected chi connectivity index (χ0v) is 26.5. The third-order valence-electron chi connectivity index (χ3n) is 7.38. The van der Waals surface area contributed by atoms with Crippen LogP contribution in [-0.2, 0) is 20.2 Å². The summed E-state index contributed by atoms with van der Waals surface area (Å²) in [5.74, 6) is -0.373. The van der Waals surface area contributed by atoms with Gasteiger partial charge < -0.3 is 15.7 Å². The van der Waals surface area contributed by atoms with E-state index < -0.39 is 22.2 Å². The van der Waals surface area contributed by atoms with Crippen LogP contribution in [0.1, 0.15) is 65.9 Å². The Morgan fingerprint density at radius 2 is 1.48 bits per heavy atom. The Hall–Kier alpha value is -3.45. The molecule has 0 saturated heterocycles. The molecule has 44 heavy (non-hydrogen) atoms. The van der Waals surface area contributed by atoms with Crippen LogP contribution >= 0.6 is 0 Å². The van der Waals surface area contributed by atoms with E-state index in [1.165, 1.54) is 0 Å². The highest BCUT2D eigenvalue weighted by Gasteiger charge is 2.38. The molecule has 1 aromatic heterocycles. The summed E-state index contributed by atoms with van der Waals surface area (Å²) in [6.45, 7) is 11.9. The molecule has 3 aromatic rings. The Morgan fingerprint density at radius 1 is 0.932 bits per heavy atom. The van der Waals surface area contributed by atoms with E-state index in [0.717, 1.165) is 54.5 Å². The van der Waals surface area contributed by atoms with E-state index in [2.05, 4.69) is 50.0 Å². The number of halogens is 3. The summed E-state index contributed by atoms with van der Waals surface area (Å²) in [5.41, 5.74) is 2.05. The van der Waals surface area contributed by atoms with Gasteiger partial charge in [-0.25, -0.2) is 22.9 Å². The number of carboxylic acids is 1. The molecular formula is C31H42F3N5O4S. The number of sulfonamides is 1. The molecule has 0 aliphatic heterocycles. The number of anilines is 2. The minimum Gasteiger partial charge on any atom is -0.475 e. The molecule has 0 bridgehead atoms. The van der Waals surface area contributed by atoms with Crippen molar-refractivity contribution in [3.63, 3.8) is 0 Å². The molecule has 242 valence electrons. The quantitative estimate of drug-likeness (QED) is 0.207. The highest BCUT2D eigenvalue weighted by molar-refractivity contribution is 7.89. The van der Waals surface area contributed by atoms with Crippen LogP contribution in [0.5, 0.6) is 0 Å². The number of alkyl halides is 3. The van der Waals surface area contributed by atoms with Gasteiger partial charge in [-0.05, 0) is 86.6 Å². The van der Waals surface area contributed by atoms with Gasteiger partial charge in [0.05, 0.1) is 10.4 Å². The van der Waals surface area contributed by atoms with Gasteiger partial charge in [-0.2, -0.15) is 18.2 Å². The van der Waals surface area contributed by atoms with E-state index in [0.29, 0.717) is 29.2 Å². The van der Waals surface area contributed by atoms with Crippen LogP contribution in [0.2, 0.25) is 0 Å². The summed E-state index contributed by atoms with van der Waals surface area (Å²) in [7, 11) is -3.50. The summed E-state index contributed by atoms with van der Waals surface area (Å²) < 4.78 is 60.2. The minimum absolute atomic E-state index is 0.00307. The number of nitrogens with zero attached hydrogens (tertiary/aromatic N) is 2. The molecule has 9 nitrogen and oxygen atoms in total. The van der Waals surface area contributed by atoms with Gasteiger partial charge in [-0.3, -0.25) is 0 Å². The van der Waals surface area contributed by atoms with Gasteiger partial charge >= 0.3 is 12.1 Å². The average Bonchev–Trinajstić information content (AvgIpc) is 2.95. The van der Waals surface area contributed by atoms with E-state index in [-0.39, 0.29) is 11.5 Å². The lowest BCUT2D eigenvalue weighted by atomic mass is 9.82. The van der Waals surface area contributed by atoms with E-state index in [9.17, 15) is 21.6 Å². The Balaban J connectivity index is 0.000000676. The molecule has 1 saturated carbocycles. The minimum atomic E-state index is -5.08. The fraction of sp³-hybridized carbons (Fsp3) is 0.516. The van der Waals surface area contributed by atoms with Crippen molar-refractivity contribution in [1.29, 1.82) is 0 Å². The maximum Gasteiger partial charge on any atom is 0.490 e. The normalized spacial score (nSPS) is 17.6. The lowest BCUT2D eigenvalue weighted by Gasteiger charge is -2.28. The van der Waals surface area contributed by atoms with Gasteiger partial charge in [0.25, 0.3) is 0 Å². The standard InChI is InChI=1S/C29H41N5O2S.C2HF3O2/c1-20(2)32-27-25-8-6-7-9-26(25)33-28(34-27)30-18-21-10-12-22(13-11-21)19-31-37(35,36)24-16-14-23(15-17-24)29(3,4)5;3-2(4,5)1(6)7/h6-9,14-17,20-22,31H,10-13,18-19H2,1-5H3,(H2,30,32,33,34);(H,6,7). The summed E-state index contributed by atoms with van der Waals surface area (Å²) in [4.78, 5) is 18.7. The lowest BCUT2D eigenvalue weighted by molar-refractivity contribution is -0.192. The van der Waals surface area contributed by atoms with E-state index in [1.807, 2.05) is 36.4 Å². The highest BCUT2D eigenvalue weighted by Crippen LogP contribution is 2.30. The Labute approximate surface area is 257 Å². The van der Waals surface area contributed by atoms with Crippen LogP contribution in [0, 0.1) is 11.8 Å². The molecule has 1 heterocycles. The molecule has 2 aromatic carbocycles. The zero-order valence-electron chi connectivity index (χ0n) is 25.7. The highest BCUT2D eigenvalue weighted by atomic mass is 32.2. The summed E-state index contributed by atoms with van der Waals surface area (Å²) in [5, 5.41) is 15.0. The number of hydrogen-bond acceptors (Lipinski definition) is 7. The fourth-order valence-electron chi connectivity index (χ4n) is 4.86. The molecule has 13 heteroatoms. The van der Waals surface area contributed by atoms with Crippen molar-refractivity contribution in [3.8, 4) is 0 Å². The number of benzene rings is 2. The van der Waals surface area contributed by atoms with E-state index >= 15 is 0 Å². The van der Waals surface area contributed by atoms with Crippen molar-refractivity contribution >= 4 is 38.7 Å². The Morgan fingerprint density at radius 3 is 2.00 bits per heavy atom. The van der Waals surface area contributed by atoms with E-state index in [4.69, 9.17) is 19.9 Å². The van der Waals surface area contributed by atoms with Crippen LogP contribution < -0.4 is 15.4 Å². The average molecular weight is 638 g/mol. The Bertz CT molecular complexity index is 1500. The molecule has 4 N–H and O–H groups in total. The van der Waals surface area contributed by atoms with Gasteiger partial charge in [0, 0.05) is 24.5 Å². The molecule has 1 aliphatic rings. The van der Waals surface area contributed by atoms with Crippen molar-refractivity contribution in [2.24, 2.45) is 11.8 Å². The monoisotopic (exact) mass is 637 g/mol. The van der Waals surface area contributed by atoms with Gasteiger partial charge in [0.1, 0.15) is 5.82 Å². The molecule has 1 fully saturated rings. The number of hydrogen-bond donors (Lipinski definition) is 4. The maximum atomic E-state index is 12.8. The van der Waals surface area contributed by atoms with Crippen molar-refractivity contribution in [2.45, 2.75) is 82.8 Å². The van der Waals surface area contributed by atoms with Gasteiger partial charge in [0.15, 0.2) is 0 Å². The number of aliphatic carboxylic acids is 1. The molecule has 0 spiro atoms. The predicted molar refractivity (Wildman–Crippen MR) is 166 cm³/mol. The van der Waals surface area contributed by atoms with Gasteiger partial charge in [0.2, 0.25) is 16.0 Å². The molecular weight excluding hydrogens is 595 g/mol. The fourth-order valence-corrected chi connectivity index (χ4v) is 5.98.